The van der Waals surface area contributed by atoms with Gasteiger partial charge in [-0.05, 0) is 75.2 Å². The summed E-state index contributed by atoms with van der Waals surface area (Å²) >= 11 is 0. The van der Waals surface area contributed by atoms with Crippen molar-refractivity contribution in [3.63, 3.8) is 0 Å². The zero-order valence-corrected chi connectivity index (χ0v) is 23.6. The second kappa shape index (κ2) is 11.7. The van der Waals surface area contributed by atoms with Crippen LogP contribution in [0.15, 0.2) is 48.8 Å². The van der Waals surface area contributed by atoms with Gasteiger partial charge in [0.05, 0.1) is 0 Å². The van der Waals surface area contributed by atoms with Crippen molar-refractivity contribution in [2.75, 3.05) is 56.0 Å². The Morgan fingerprint density at radius 2 is 1.76 bits per heavy atom. The average molecular weight is 558 g/mol. The van der Waals surface area contributed by atoms with Gasteiger partial charge in [0, 0.05) is 67.2 Å². The molecule has 2 N–H and O–H groups in total. The minimum absolute atomic E-state index is 0.00127. The summed E-state index contributed by atoms with van der Waals surface area (Å²) in [4.78, 5) is 32.4. The predicted octanol–water partition coefficient (Wildman–Crippen LogP) is 5.71. The van der Waals surface area contributed by atoms with Gasteiger partial charge in [-0.3, -0.25) is 4.79 Å². The van der Waals surface area contributed by atoms with Crippen molar-refractivity contribution in [1.29, 1.82) is 0 Å². The first-order chi connectivity index (χ1) is 20.0. The van der Waals surface area contributed by atoms with Crippen LogP contribution in [0.2, 0.25) is 0 Å². The van der Waals surface area contributed by atoms with Crippen LogP contribution in [0.25, 0.3) is 10.9 Å². The van der Waals surface area contributed by atoms with E-state index < -0.39 is 5.82 Å². The molecule has 41 heavy (non-hydrogen) atoms. The van der Waals surface area contributed by atoms with Crippen molar-refractivity contribution in [3.05, 3.63) is 65.9 Å². The smallest absolute Gasteiger partial charge is 0.263 e. The van der Waals surface area contributed by atoms with E-state index in [1.807, 2.05) is 19.1 Å². The molecule has 4 heterocycles. The van der Waals surface area contributed by atoms with Gasteiger partial charge in [0.1, 0.15) is 11.9 Å². The summed E-state index contributed by atoms with van der Waals surface area (Å²) in [5.74, 6) is -0.386. The summed E-state index contributed by atoms with van der Waals surface area (Å²) in [6.45, 7) is 10.5. The van der Waals surface area contributed by atoms with Gasteiger partial charge in [-0.25, -0.2) is 14.4 Å². The van der Waals surface area contributed by atoms with Crippen molar-refractivity contribution >= 4 is 34.0 Å². The topological polar surface area (TPSA) is 89.6 Å². The van der Waals surface area contributed by atoms with Crippen molar-refractivity contribution in [2.24, 2.45) is 0 Å². The molecule has 6 rings (SSSR count). The van der Waals surface area contributed by atoms with Gasteiger partial charge < -0.3 is 29.7 Å². The summed E-state index contributed by atoms with van der Waals surface area (Å²) in [5, 5.41) is 3.73. The number of nitrogens with one attached hydrogen (secondary N) is 2. The molecule has 214 valence electrons. The fraction of sp³-hybridized carbons (Fsp3) is 0.387. The Bertz CT molecular complexity index is 1520. The van der Waals surface area contributed by atoms with E-state index in [4.69, 9.17) is 4.74 Å². The molecule has 10 heteroatoms. The van der Waals surface area contributed by atoms with Crippen LogP contribution in [-0.2, 0) is 0 Å². The molecule has 2 aliphatic heterocycles. The van der Waals surface area contributed by atoms with E-state index >= 15 is 4.39 Å². The van der Waals surface area contributed by atoms with E-state index in [1.54, 1.807) is 23.1 Å². The zero-order chi connectivity index (χ0) is 28.3. The van der Waals surface area contributed by atoms with Crippen LogP contribution >= 0.6 is 0 Å². The maximum Gasteiger partial charge on any atom is 0.263 e. The van der Waals surface area contributed by atoms with Gasteiger partial charge in [-0.1, -0.05) is 6.92 Å². The fourth-order valence-corrected chi connectivity index (χ4v) is 5.68. The molecule has 2 aliphatic rings. The highest BCUT2D eigenvalue weighted by Gasteiger charge is 2.28. The summed E-state index contributed by atoms with van der Waals surface area (Å²) in [6.07, 6.45) is 4.29. The number of H-pyrrole nitrogens is 1. The highest BCUT2D eigenvalue weighted by Crippen LogP contribution is 2.34. The Morgan fingerprint density at radius 1 is 1.00 bits per heavy atom. The lowest BCUT2D eigenvalue weighted by Crippen LogP contribution is -2.46. The molecular weight excluding hydrogens is 521 g/mol. The van der Waals surface area contributed by atoms with Crippen LogP contribution in [0, 0.1) is 12.7 Å². The molecule has 0 bridgehead atoms. The summed E-state index contributed by atoms with van der Waals surface area (Å²) in [5.41, 5.74) is 3.67. The quantitative estimate of drug-likeness (QED) is 0.301. The van der Waals surface area contributed by atoms with Crippen LogP contribution in [0.5, 0.6) is 11.6 Å². The van der Waals surface area contributed by atoms with Crippen molar-refractivity contribution in [3.8, 4) is 11.6 Å². The van der Waals surface area contributed by atoms with Crippen LogP contribution in [0.4, 0.5) is 21.6 Å². The van der Waals surface area contributed by atoms with Gasteiger partial charge >= 0.3 is 0 Å². The number of benzene rings is 2. The fourth-order valence-electron chi connectivity index (χ4n) is 5.68. The number of fused-ring (bicyclic) bond motifs is 1. The predicted molar refractivity (Wildman–Crippen MR) is 159 cm³/mol. The molecule has 0 spiro atoms. The van der Waals surface area contributed by atoms with Gasteiger partial charge in [0.2, 0.25) is 5.88 Å². The average Bonchev–Trinajstić information content (AvgIpc) is 3.40. The monoisotopic (exact) mass is 557 g/mol. The van der Waals surface area contributed by atoms with E-state index in [-0.39, 0.29) is 23.1 Å². The van der Waals surface area contributed by atoms with Crippen LogP contribution in [0.3, 0.4) is 0 Å². The molecule has 0 atom stereocenters. The number of piperidine rings is 1. The second-order valence-corrected chi connectivity index (χ2v) is 10.7. The van der Waals surface area contributed by atoms with Gasteiger partial charge in [-0.15, -0.1) is 0 Å². The number of likely N-dealkylation sites (tertiary alicyclic amines) is 1. The van der Waals surface area contributed by atoms with Crippen molar-refractivity contribution in [2.45, 2.75) is 33.1 Å². The van der Waals surface area contributed by atoms with Crippen LogP contribution in [0.1, 0.15) is 42.2 Å². The number of aromatic amines is 1. The van der Waals surface area contributed by atoms with E-state index in [0.29, 0.717) is 29.8 Å². The number of aromatic nitrogens is 3. The minimum atomic E-state index is -0.508. The number of hydrogen-bond donors (Lipinski definition) is 2. The summed E-state index contributed by atoms with van der Waals surface area (Å²) < 4.78 is 21.5. The normalized spacial score (nSPS) is 16.3. The number of ether oxygens (including phenoxy) is 1. The molecule has 9 nitrogen and oxygen atoms in total. The lowest BCUT2D eigenvalue weighted by atomic mass is 10.1. The van der Waals surface area contributed by atoms with Crippen molar-refractivity contribution < 1.29 is 13.9 Å². The first-order valence-electron chi connectivity index (χ1n) is 14.4. The van der Waals surface area contributed by atoms with E-state index in [9.17, 15) is 4.79 Å². The number of carbonyl (C=O) groups excluding carboxylic acids is 1. The maximum absolute atomic E-state index is 15.4. The molecule has 2 saturated heterocycles. The van der Waals surface area contributed by atoms with Gasteiger partial charge in [0.25, 0.3) is 5.91 Å². The third-order valence-corrected chi connectivity index (χ3v) is 8.03. The molecule has 0 saturated carbocycles. The molecule has 2 aromatic heterocycles. The maximum atomic E-state index is 15.4. The third kappa shape index (κ3) is 5.69. The largest absolute Gasteiger partial charge is 0.435 e. The van der Waals surface area contributed by atoms with E-state index in [1.165, 1.54) is 6.33 Å². The minimum Gasteiger partial charge on any atom is -0.435 e. The standard InChI is InChI=1S/C31H36FN7O2/c1-3-37-15-17-38(18-16-37)23-9-7-22(8-10-23)36-29-27(31(40)39-13-5-4-6-14-39)30(34-20-33-29)41-26-12-11-25-24(28(26)32)19-21(2)35-25/h7-12,19-20,35H,3-6,13-18H2,1-2H3,(H,33,34,36). The molecule has 4 aromatic rings. The number of amides is 1. The second-order valence-electron chi connectivity index (χ2n) is 10.7. The summed E-state index contributed by atoms with van der Waals surface area (Å²) in [7, 11) is 0. The molecule has 0 radical (unpaired) electrons. The van der Waals surface area contributed by atoms with Crippen LogP contribution < -0.4 is 15.0 Å². The Hall–Kier alpha value is -4.18. The SMILES string of the molecule is CCN1CCN(c2ccc(Nc3ncnc(Oc4ccc5[nH]c(C)cc5c4F)c3C(=O)N3CCCCC3)cc2)CC1. The number of nitrogens with zero attached hydrogens (tertiary/aromatic N) is 5. The number of hydrogen-bond acceptors (Lipinski definition) is 7. The Morgan fingerprint density at radius 3 is 2.49 bits per heavy atom. The van der Waals surface area contributed by atoms with E-state index in [0.717, 1.165) is 69.1 Å². The first-order valence-corrected chi connectivity index (χ1v) is 14.4. The lowest BCUT2D eigenvalue weighted by Gasteiger charge is -2.35. The number of halogens is 1. The third-order valence-electron chi connectivity index (χ3n) is 8.03. The lowest BCUT2D eigenvalue weighted by molar-refractivity contribution is 0.0721. The molecule has 0 aliphatic carbocycles. The van der Waals surface area contributed by atoms with E-state index in [2.05, 4.69) is 49.1 Å². The molecule has 1 amide bonds. The number of rotatable bonds is 7. The molecular formula is C31H36FN7O2. The van der Waals surface area contributed by atoms with Crippen molar-refractivity contribution in [1.82, 2.24) is 24.8 Å². The highest BCUT2D eigenvalue weighted by atomic mass is 19.1. The number of likely N-dealkylation sites (N-methyl/N-ethyl adjacent to an activating group) is 1. The molecule has 2 fully saturated rings. The number of anilines is 3. The summed E-state index contributed by atoms with van der Waals surface area (Å²) in [6, 6.07) is 13.2. The molecule has 2 aromatic carbocycles. The number of carbonyl (C=O) groups is 1. The number of aryl methyl sites for hydroxylation is 1. The zero-order valence-electron chi connectivity index (χ0n) is 23.6. The first kappa shape index (κ1) is 27.0. The Kier molecular flexibility index (Phi) is 7.74. The number of piperazine rings is 1. The van der Waals surface area contributed by atoms with Gasteiger partial charge in [0.15, 0.2) is 17.4 Å². The Labute approximate surface area is 239 Å². The molecule has 0 unspecified atom stereocenters. The van der Waals surface area contributed by atoms with Gasteiger partial charge in [-0.2, -0.15) is 0 Å². The Balaban J connectivity index is 1.30. The van der Waals surface area contributed by atoms with Crippen LogP contribution in [-0.4, -0.2) is 76.5 Å². The highest BCUT2D eigenvalue weighted by molar-refractivity contribution is 6.01.